The van der Waals surface area contributed by atoms with Crippen molar-refractivity contribution in [3.63, 3.8) is 0 Å². The van der Waals surface area contributed by atoms with Crippen LogP contribution in [-0.2, 0) is 0 Å². The number of allylic oxidation sites excluding steroid dienone is 2. The molecule has 0 N–H and O–H groups in total. The van der Waals surface area contributed by atoms with E-state index in [4.69, 9.17) is 0 Å². The van der Waals surface area contributed by atoms with Crippen LogP contribution in [0.15, 0.2) is 91.3 Å². The molecule has 0 spiro atoms. The predicted octanol–water partition coefficient (Wildman–Crippen LogP) is 5.17. The van der Waals surface area contributed by atoms with Crippen molar-refractivity contribution in [2.75, 3.05) is 0 Å². The van der Waals surface area contributed by atoms with E-state index in [1.165, 1.54) is 22.3 Å². The Labute approximate surface area is 126 Å². The SMILES string of the molecule is C=CN1C=C(c2ccccc2)C(C)=CC1c1ccccc1. The van der Waals surface area contributed by atoms with Gasteiger partial charge in [-0.2, -0.15) is 0 Å². The topological polar surface area (TPSA) is 3.24 Å². The first-order chi connectivity index (χ1) is 10.3. The molecule has 1 aliphatic heterocycles. The van der Waals surface area contributed by atoms with Crippen molar-refractivity contribution in [2.24, 2.45) is 0 Å². The molecule has 0 aromatic heterocycles. The molecule has 0 aliphatic carbocycles. The van der Waals surface area contributed by atoms with Gasteiger partial charge >= 0.3 is 0 Å². The number of hydrogen-bond donors (Lipinski definition) is 0. The van der Waals surface area contributed by atoms with Crippen LogP contribution in [0.5, 0.6) is 0 Å². The van der Waals surface area contributed by atoms with Crippen LogP contribution in [0.25, 0.3) is 5.57 Å². The predicted molar refractivity (Wildman–Crippen MR) is 89.4 cm³/mol. The van der Waals surface area contributed by atoms with E-state index in [2.05, 4.69) is 79.2 Å². The molecule has 1 atom stereocenters. The van der Waals surface area contributed by atoms with Crippen molar-refractivity contribution >= 4 is 5.57 Å². The second-order valence-corrected chi connectivity index (χ2v) is 5.24. The zero-order valence-electron chi connectivity index (χ0n) is 12.2. The van der Waals surface area contributed by atoms with E-state index in [-0.39, 0.29) is 6.04 Å². The van der Waals surface area contributed by atoms with E-state index in [0.29, 0.717) is 0 Å². The molecule has 3 rings (SSSR count). The van der Waals surface area contributed by atoms with Crippen LogP contribution in [0.4, 0.5) is 0 Å². The van der Waals surface area contributed by atoms with Gasteiger partial charge < -0.3 is 4.90 Å². The fourth-order valence-electron chi connectivity index (χ4n) is 2.75. The first kappa shape index (κ1) is 13.4. The normalized spacial score (nSPS) is 18.0. The minimum Gasteiger partial charge on any atom is -0.343 e. The second kappa shape index (κ2) is 5.84. The lowest BCUT2D eigenvalue weighted by Gasteiger charge is -2.31. The molecule has 0 fully saturated rings. The lowest BCUT2D eigenvalue weighted by Crippen LogP contribution is -2.20. The van der Waals surface area contributed by atoms with E-state index in [1.54, 1.807) is 0 Å². The van der Waals surface area contributed by atoms with Crippen molar-refractivity contribution in [1.82, 2.24) is 4.90 Å². The van der Waals surface area contributed by atoms with Gasteiger partial charge in [-0.15, -0.1) is 0 Å². The Morgan fingerprint density at radius 3 is 2.19 bits per heavy atom. The second-order valence-electron chi connectivity index (χ2n) is 5.24. The summed E-state index contributed by atoms with van der Waals surface area (Å²) in [5, 5.41) is 0. The molecule has 104 valence electrons. The number of benzene rings is 2. The Balaban J connectivity index is 2.00. The van der Waals surface area contributed by atoms with Crippen LogP contribution in [0.1, 0.15) is 24.1 Å². The molecule has 0 saturated heterocycles. The fraction of sp³-hybridized carbons (Fsp3) is 0.100. The van der Waals surface area contributed by atoms with E-state index in [0.717, 1.165) is 0 Å². The largest absolute Gasteiger partial charge is 0.343 e. The first-order valence-corrected chi connectivity index (χ1v) is 7.20. The minimum absolute atomic E-state index is 0.219. The maximum atomic E-state index is 3.97. The van der Waals surface area contributed by atoms with Crippen LogP contribution >= 0.6 is 0 Å². The van der Waals surface area contributed by atoms with Crippen LogP contribution in [0.3, 0.4) is 0 Å². The van der Waals surface area contributed by atoms with E-state index >= 15 is 0 Å². The summed E-state index contributed by atoms with van der Waals surface area (Å²) in [6.45, 7) is 6.14. The maximum absolute atomic E-state index is 3.97. The van der Waals surface area contributed by atoms with Gasteiger partial charge in [0.1, 0.15) is 0 Å². The van der Waals surface area contributed by atoms with Crippen molar-refractivity contribution in [3.8, 4) is 0 Å². The quantitative estimate of drug-likeness (QED) is 0.745. The lowest BCUT2D eigenvalue weighted by molar-refractivity contribution is 0.435. The third-order valence-electron chi connectivity index (χ3n) is 3.87. The molecule has 1 aliphatic rings. The summed E-state index contributed by atoms with van der Waals surface area (Å²) in [6.07, 6.45) is 6.39. The van der Waals surface area contributed by atoms with Crippen LogP contribution in [0, 0.1) is 0 Å². The summed E-state index contributed by atoms with van der Waals surface area (Å²) >= 11 is 0. The van der Waals surface area contributed by atoms with Gasteiger partial charge in [0, 0.05) is 11.8 Å². The average Bonchev–Trinajstić information content (AvgIpc) is 2.56. The Bertz CT molecular complexity index is 680. The molecule has 0 radical (unpaired) electrons. The highest BCUT2D eigenvalue weighted by Crippen LogP contribution is 2.35. The number of nitrogens with zero attached hydrogens (tertiary/aromatic N) is 1. The maximum Gasteiger partial charge on any atom is 0.0769 e. The monoisotopic (exact) mass is 273 g/mol. The molecular formula is C20H19N. The molecule has 0 bridgehead atoms. The summed E-state index contributed by atoms with van der Waals surface area (Å²) < 4.78 is 0. The molecular weight excluding hydrogens is 254 g/mol. The van der Waals surface area contributed by atoms with Gasteiger partial charge in [0.25, 0.3) is 0 Å². The standard InChI is InChI=1S/C20H19N/c1-3-21-15-19(17-10-6-4-7-11-17)16(2)14-20(21)18-12-8-5-9-13-18/h3-15,20H,1H2,2H3. The van der Waals surface area contributed by atoms with Crippen molar-refractivity contribution in [3.05, 3.63) is 102 Å². The lowest BCUT2D eigenvalue weighted by atomic mass is 9.92. The smallest absolute Gasteiger partial charge is 0.0769 e. The Kier molecular flexibility index (Phi) is 3.74. The molecule has 1 heteroatoms. The van der Waals surface area contributed by atoms with Gasteiger partial charge in [-0.1, -0.05) is 73.3 Å². The Morgan fingerprint density at radius 1 is 0.952 bits per heavy atom. The molecule has 21 heavy (non-hydrogen) atoms. The van der Waals surface area contributed by atoms with E-state index in [9.17, 15) is 0 Å². The molecule has 2 aromatic carbocycles. The van der Waals surface area contributed by atoms with Crippen molar-refractivity contribution in [1.29, 1.82) is 0 Å². The third kappa shape index (κ3) is 2.68. The molecule has 1 nitrogen and oxygen atoms in total. The summed E-state index contributed by atoms with van der Waals surface area (Å²) in [4.78, 5) is 2.17. The van der Waals surface area contributed by atoms with Crippen molar-refractivity contribution in [2.45, 2.75) is 13.0 Å². The highest BCUT2D eigenvalue weighted by molar-refractivity contribution is 5.79. The van der Waals surface area contributed by atoms with Crippen LogP contribution in [0.2, 0.25) is 0 Å². The average molecular weight is 273 g/mol. The van der Waals surface area contributed by atoms with Gasteiger partial charge in [-0.05, 0) is 29.8 Å². The van der Waals surface area contributed by atoms with Crippen LogP contribution in [-0.4, -0.2) is 4.90 Å². The van der Waals surface area contributed by atoms with E-state index < -0.39 is 0 Å². The van der Waals surface area contributed by atoms with Gasteiger partial charge in [0.2, 0.25) is 0 Å². The highest BCUT2D eigenvalue weighted by Gasteiger charge is 2.20. The molecule has 1 unspecified atom stereocenters. The summed E-state index contributed by atoms with van der Waals surface area (Å²) in [5.74, 6) is 0. The zero-order valence-corrected chi connectivity index (χ0v) is 12.2. The molecule has 0 amide bonds. The third-order valence-corrected chi connectivity index (χ3v) is 3.87. The molecule has 0 saturated carbocycles. The number of rotatable bonds is 3. The Hall–Kier alpha value is -2.54. The summed E-state index contributed by atoms with van der Waals surface area (Å²) in [6, 6.07) is 21.2. The fourth-order valence-corrected chi connectivity index (χ4v) is 2.75. The zero-order chi connectivity index (χ0) is 14.7. The number of hydrogen-bond acceptors (Lipinski definition) is 1. The summed E-state index contributed by atoms with van der Waals surface area (Å²) in [5.41, 5.74) is 5.07. The van der Waals surface area contributed by atoms with Gasteiger partial charge in [0.05, 0.1) is 6.04 Å². The van der Waals surface area contributed by atoms with Gasteiger partial charge in [0.15, 0.2) is 0 Å². The summed E-state index contributed by atoms with van der Waals surface area (Å²) in [7, 11) is 0. The Morgan fingerprint density at radius 2 is 1.57 bits per heavy atom. The minimum atomic E-state index is 0.219. The van der Waals surface area contributed by atoms with Gasteiger partial charge in [-0.3, -0.25) is 0 Å². The highest BCUT2D eigenvalue weighted by atomic mass is 15.1. The first-order valence-electron chi connectivity index (χ1n) is 7.20. The molecule has 2 aromatic rings. The van der Waals surface area contributed by atoms with E-state index in [1.807, 2.05) is 18.3 Å². The van der Waals surface area contributed by atoms with Crippen LogP contribution < -0.4 is 0 Å². The van der Waals surface area contributed by atoms with Crippen molar-refractivity contribution < 1.29 is 0 Å². The molecule has 1 heterocycles. The van der Waals surface area contributed by atoms with Gasteiger partial charge in [-0.25, -0.2) is 0 Å².